The number of fused-ring (bicyclic) bond motifs is 1. The standard InChI is InChI=1S/C12H14N2.2ClH/c13-8-9-14-12-7-3-5-10-4-1-2-6-11(10)12;;/h1-7,14H,8-9,13H2;2*1H/i8D2,9D2;;. The summed E-state index contributed by atoms with van der Waals surface area (Å²) in [7, 11) is 0. The summed E-state index contributed by atoms with van der Waals surface area (Å²) in [5.41, 5.74) is 5.72. The number of anilines is 1. The fourth-order valence-corrected chi connectivity index (χ4v) is 1.44. The molecule has 0 fully saturated rings. The molecule has 0 aliphatic carbocycles. The van der Waals surface area contributed by atoms with E-state index in [1.807, 2.05) is 30.3 Å². The molecule has 0 amide bonds. The SMILES string of the molecule is Cl.Cl.[2H]C([2H])(N)C([2H])([2H])Nc1cccc2ccccc12. The zero-order valence-electron chi connectivity index (χ0n) is 12.4. The molecule has 0 aliphatic rings. The monoisotopic (exact) mass is 262 g/mol. The van der Waals surface area contributed by atoms with Crippen molar-refractivity contribution in [3.8, 4) is 0 Å². The number of nitrogens with one attached hydrogen (secondary N) is 1. The van der Waals surface area contributed by atoms with Gasteiger partial charge >= 0.3 is 0 Å². The number of rotatable bonds is 3. The van der Waals surface area contributed by atoms with Crippen LogP contribution in [0, 0.1) is 0 Å². The van der Waals surface area contributed by atoms with E-state index in [2.05, 4.69) is 5.32 Å². The average molecular weight is 263 g/mol. The van der Waals surface area contributed by atoms with Gasteiger partial charge < -0.3 is 11.1 Å². The predicted molar refractivity (Wildman–Crippen MR) is 76.0 cm³/mol. The molecule has 0 unspecified atom stereocenters. The Morgan fingerprint density at radius 1 is 1.06 bits per heavy atom. The molecule has 2 nitrogen and oxygen atoms in total. The van der Waals surface area contributed by atoms with E-state index in [9.17, 15) is 0 Å². The quantitative estimate of drug-likeness (QED) is 0.893. The second-order valence-corrected chi connectivity index (χ2v) is 2.92. The van der Waals surface area contributed by atoms with E-state index >= 15 is 0 Å². The molecule has 2 aromatic rings. The number of benzene rings is 2. The highest BCUT2D eigenvalue weighted by atomic mass is 35.5. The first kappa shape index (κ1) is 9.11. The van der Waals surface area contributed by atoms with Crippen molar-refractivity contribution in [3.05, 3.63) is 42.5 Å². The van der Waals surface area contributed by atoms with Gasteiger partial charge in [-0.25, -0.2) is 0 Å². The van der Waals surface area contributed by atoms with Crippen LogP contribution in [0.5, 0.6) is 0 Å². The Morgan fingerprint density at radius 3 is 2.50 bits per heavy atom. The molecule has 2 aromatic carbocycles. The molecule has 2 rings (SSSR count). The Balaban J connectivity index is 0.00000180. The Labute approximate surface area is 114 Å². The Kier molecular flexibility index (Phi) is 4.18. The molecule has 0 aromatic heterocycles. The van der Waals surface area contributed by atoms with Gasteiger partial charge in [0.2, 0.25) is 0 Å². The maximum atomic E-state index is 7.65. The molecule has 0 atom stereocenters. The van der Waals surface area contributed by atoms with Gasteiger partial charge in [-0.05, 0) is 11.5 Å². The van der Waals surface area contributed by atoms with Crippen LogP contribution >= 0.6 is 24.8 Å². The molecular weight excluding hydrogens is 243 g/mol. The Bertz CT molecular complexity index is 567. The molecule has 88 valence electrons. The fourth-order valence-electron chi connectivity index (χ4n) is 1.44. The number of hydrogen-bond donors (Lipinski definition) is 2. The van der Waals surface area contributed by atoms with Crippen molar-refractivity contribution in [1.82, 2.24) is 0 Å². The molecular formula is C12H16Cl2N2. The van der Waals surface area contributed by atoms with E-state index < -0.39 is 13.0 Å². The fraction of sp³-hybridized carbons (Fsp3) is 0.167. The van der Waals surface area contributed by atoms with Crippen LogP contribution in [0.2, 0.25) is 0 Å². The van der Waals surface area contributed by atoms with E-state index in [1.54, 1.807) is 12.1 Å². The molecule has 0 heterocycles. The molecule has 0 saturated carbocycles. The third-order valence-electron chi connectivity index (χ3n) is 2.06. The van der Waals surface area contributed by atoms with Crippen LogP contribution in [-0.2, 0) is 0 Å². The second-order valence-electron chi connectivity index (χ2n) is 2.92. The van der Waals surface area contributed by atoms with Crippen molar-refractivity contribution in [3.63, 3.8) is 0 Å². The summed E-state index contributed by atoms with van der Waals surface area (Å²) in [5, 5.41) is 4.32. The van der Waals surface area contributed by atoms with E-state index in [4.69, 9.17) is 11.2 Å². The summed E-state index contributed by atoms with van der Waals surface area (Å²) in [4.78, 5) is 0. The van der Waals surface area contributed by atoms with E-state index in [-0.39, 0.29) is 24.8 Å². The summed E-state index contributed by atoms with van der Waals surface area (Å²) >= 11 is 0. The van der Waals surface area contributed by atoms with Gasteiger partial charge in [0.1, 0.15) is 0 Å². The lowest BCUT2D eigenvalue weighted by atomic mass is 10.1. The van der Waals surface area contributed by atoms with Crippen LogP contribution in [0.1, 0.15) is 5.48 Å². The zero-order valence-corrected chi connectivity index (χ0v) is 10.1. The van der Waals surface area contributed by atoms with Gasteiger partial charge in [-0.1, -0.05) is 36.4 Å². The highest BCUT2D eigenvalue weighted by Gasteiger charge is 1.97. The minimum absolute atomic E-state index is 0. The highest BCUT2D eigenvalue weighted by Crippen LogP contribution is 2.22. The average Bonchev–Trinajstić information content (AvgIpc) is 2.27. The maximum Gasteiger partial charge on any atom is 0.0503 e. The molecule has 16 heavy (non-hydrogen) atoms. The van der Waals surface area contributed by atoms with Crippen molar-refractivity contribution in [2.75, 3.05) is 18.3 Å². The summed E-state index contributed by atoms with van der Waals surface area (Å²) in [6, 6.07) is 12.9. The van der Waals surface area contributed by atoms with Gasteiger partial charge in [0.05, 0.1) is 2.74 Å². The molecule has 0 saturated heterocycles. The zero-order chi connectivity index (χ0) is 13.4. The number of nitrogens with two attached hydrogens (primary N) is 1. The normalized spacial score (nSPS) is 14.6. The summed E-state index contributed by atoms with van der Waals surface area (Å²) in [6.45, 7) is -4.82. The van der Waals surface area contributed by atoms with Gasteiger partial charge in [0.25, 0.3) is 0 Å². The maximum absolute atomic E-state index is 7.65. The van der Waals surface area contributed by atoms with Gasteiger partial charge in [0.15, 0.2) is 0 Å². The third kappa shape index (κ3) is 3.27. The summed E-state index contributed by atoms with van der Waals surface area (Å²) in [5.74, 6) is 0. The van der Waals surface area contributed by atoms with Crippen molar-refractivity contribution < 1.29 is 5.48 Å². The van der Waals surface area contributed by atoms with Gasteiger partial charge in [0, 0.05) is 26.8 Å². The van der Waals surface area contributed by atoms with Crippen LogP contribution in [0.25, 0.3) is 10.8 Å². The van der Waals surface area contributed by atoms with Crippen LogP contribution in [0.3, 0.4) is 0 Å². The first-order valence-electron chi connectivity index (χ1n) is 6.36. The molecule has 0 aliphatic heterocycles. The first-order chi connectivity index (χ1) is 8.31. The largest absolute Gasteiger partial charge is 0.383 e. The van der Waals surface area contributed by atoms with Gasteiger partial charge in [-0.3, -0.25) is 0 Å². The summed E-state index contributed by atoms with van der Waals surface area (Å²) < 4.78 is 29.9. The van der Waals surface area contributed by atoms with Crippen LogP contribution in [0.4, 0.5) is 5.69 Å². The molecule has 0 radical (unpaired) electrons. The van der Waals surface area contributed by atoms with E-state index in [0.717, 1.165) is 10.8 Å². The van der Waals surface area contributed by atoms with E-state index in [0.29, 0.717) is 5.69 Å². The van der Waals surface area contributed by atoms with Crippen molar-refractivity contribution >= 4 is 41.3 Å². The minimum Gasteiger partial charge on any atom is -0.383 e. The van der Waals surface area contributed by atoms with Gasteiger partial charge in [-0.2, -0.15) is 0 Å². The van der Waals surface area contributed by atoms with Crippen LogP contribution in [0.15, 0.2) is 42.5 Å². The lowest BCUT2D eigenvalue weighted by molar-refractivity contribution is 1.03. The lowest BCUT2D eigenvalue weighted by Crippen LogP contribution is -2.13. The molecule has 3 N–H and O–H groups in total. The summed E-state index contributed by atoms with van der Waals surface area (Å²) in [6.07, 6.45) is 0. The molecule has 0 spiro atoms. The third-order valence-corrected chi connectivity index (χ3v) is 2.06. The van der Waals surface area contributed by atoms with Crippen molar-refractivity contribution in [2.45, 2.75) is 0 Å². The smallest absolute Gasteiger partial charge is 0.0503 e. The van der Waals surface area contributed by atoms with Crippen LogP contribution in [-0.4, -0.2) is 13.0 Å². The van der Waals surface area contributed by atoms with Crippen molar-refractivity contribution in [2.24, 2.45) is 5.73 Å². The molecule has 0 bridgehead atoms. The van der Waals surface area contributed by atoms with E-state index in [1.165, 1.54) is 0 Å². The number of halogens is 2. The lowest BCUT2D eigenvalue weighted by Gasteiger charge is -2.08. The Morgan fingerprint density at radius 2 is 1.75 bits per heavy atom. The topological polar surface area (TPSA) is 38.0 Å². The first-order valence-corrected chi connectivity index (χ1v) is 4.36. The predicted octanol–water partition coefficient (Wildman–Crippen LogP) is 3.05. The minimum atomic E-state index is -2.47. The molecule has 4 heteroatoms. The highest BCUT2D eigenvalue weighted by molar-refractivity contribution is 5.93. The van der Waals surface area contributed by atoms with Gasteiger partial charge in [-0.15, -0.1) is 24.8 Å². The Hall–Kier alpha value is -0.960. The van der Waals surface area contributed by atoms with Crippen molar-refractivity contribution in [1.29, 1.82) is 0 Å². The second kappa shape index (κ2) is 7.34. The van der Waals surface area contributed by atoms with Crippen LogP contribution < -0.4 is 11.1 Å². The number of hydrogen-bond acceptors (Lipinski definition) is 2.